The summed E-state index contributed by atoms with van der Waals surface area (Å²) < 4.78 is 4.31. The van der Waals surface area contributed by atoms with E-state index >= 15 is 0 Å². The third kappa shape index (κ3) is 15.7. The topological polar surface area (TPSA) is 43.4 Å². The Hall–Kier alpha value is -0.860. The zero-order valence-corrected chi connectivity index (χ0v) is 4.93. The molecule has 0 radical (unpaired) electrons. The molecule has 0 aromatic carbocycles. The summed E-state index contributed by atoms with van der Waals surface area (Å²) in [5.74, 6) is -0.555. The molecule has 0 spiro atoms. The van der Waals surface area contributed by atoms with Crippen molar-refractivity contribution in [2.45, 2.75) is 28.7 Å². The SMILES string of the molecule is C.C.CC(=O)COC(C)=O. The zero-order chi connectivity index (χ0) is 6.57. The number of rotatable bonds is 2. The number of carbonyl (C=O) groups is 2. The van der Waals surface area contributed by atoms with E-state index in [-0.39, 0.29) is 27.2 Å². The summed E-state index contributed by atoms with van der Waals surface area (Å²) >= 11 is 0. The maximum absolute atomic E-state index is 10.1. The van der Waals surface area contributed by atoms with Crippen molar-refractivity contribution in [3.8, 4) is 0 Å². The minimum Gasteiger partial charge on any atom is -0.458 e. The van der Waals surface area contributed by atoms with Crippen molar-refractivity contribution >= 4 is 11.8 Å². The molecule has 0 aromatic rings. The second-order valence-corrected chi connectivity index (χ2v) is 1.48. The molecule has 3 heteroatoms. The Morgan fingerprint density at radius 1 is 1.20 bits per heavy atom. The van der Waals surface area contributed by atoms with Crippen LogP contribution in [0.4, 0.5) is 0 Å². The highest BCUT2D eigenvalue weighted by atomic mass is 16.5. The first-order valence-corrected chi connectivity index (χ1v) is 2.25. The van der Waals surface area contributed by atoms with Gasteiger partial charge in [-0.2, -0.15) is 0 Å². The normalized spacial score (nSPS) is 6.60. The van der Waals surface area contributed by atoms with Gasteiger partial charge < -0.3 is 4.74 Å². The molecule has 0 unspecified atom stereocenters. The predicted octanol–water partition coefficient (Wildman–Crippen LogP) is 1.41. The van der Waals surface area contributed by atoms with Crippen LogP contribution in [0.2, 0.25) is 0 Å². The van der Waals surface area contributed by atoms with Gasteiger partial charge in [0.1, 0.15) is 6.61 Å². The minimum absolute atomic E-state index is 0. The van der Waals surface area contributed by atoms with E-state index in [1.807, 2.05) is 0 Å². The lowest BCUT2D eigenvalue weighted by Gasteiger charge is -1.93. The molecule has 0 aliphatic carbocycles. The Kier molecular flexibility index (Phi) is 13.1. The highest BCUT2D eigenvalue weighted by molar-refractivity contribution is 5.79. The fourth-order valence-electron chi connectivity index (χ4n) is 0.203. The van der Waals surface area contributed by atoms with E-state index in [2.05, 4.69) is 4.74 Å². The molecule has 0 aliphatic rings. The third-order valence-corrected chi connectivity index (χ3v) is 0.479. The number of carbonyl (C=O) groups excluding carboxylic acids is 2. The average molecular weight is 148 g/mol. The minimum atomic E-state index is -0.416. The predicted molar refractivity (Wildman–Crippen MR) is 40.8 cm³/mol. The van der Waals surface area contributed by atoms with Gasteiger partial charge in [0.2, 0.25) is 0 Å². The van der Waals surface area contributed by atoms with Crippen LogP contribution in [-0.4, -0.2) is 18.4 Å². The van der Waals surface area contributed by atoms with E-state index in [0.717, 1.165) is 0 Å². The maximum Gasteiger partial charge on any atom is 0.303 e. The summed E-state index contributed by atoms with van der Waals surface area (Å²) in [6, 6.07) is 0. The number of ether oxygens (including phenoxy) is 1. The molecule has 0 bridgehead atoms. The van der Waals surface area contributed by atoms with Crippen LogP contribution in [0.3, 0.4) is 0 Å². The molecular formula is C7H16O3. The van der Waals surface area contributed by atoms with Crippen molar-refractivity contribution in [2.24, 2.45) is 0 Å². The standard InChI is InChI=1S/C5H8O3.2CH4/c1-4(6)3-8-5(2)7;;/h3H2,1-2H3;2*1H4. The second-order valence-electron chi connectivity index (χ2n) is 1.48. The van der Waals surface area contributed by atoms with Crippen molar-refractivity contribution < 1.29 is 14.3 Å². The molecule has 0 fully saturated rings. The molecule has 0 N–H and O–H groups in total. The fourth-order valence-corrected chi connectivity index (χ4v) is 0.203. The van der Waals surface area contributed by atoms with Gasteiger partial charge in [-0.25, -0.2) is 0 Å². The first-order chi connectivity index (χ1) is 3.63. The van der Waals surface area contributed by atoms with Crippen LogP contribution in [0.1, 0.15) is 28.7 Å². The largest absolute Gasteiger partial charge is 0.458 e. The summed E-state index contributed by atoms with van der Waals surface area (Å²) in [7, 11) is 0. The van der Waals surface area contributed by atoms with Crippen LogP contribution < -0.4 is 0 Å². The second kappa shape index (κ2) is 8.14. The van der Waals surface area contributed by atoms with E-state index in [0.29, 0.717) is 0 Å². The van der Waals surface area contributed by atoms with E-state index in [1.54, 1.807) is 0 Å². The zero-order valence-electron chi connectivity index (χ0n) is 4.93. The molecule has 0 heterocycles. The van der Waals surface area contributed by atoms with Crippen molar-refractivity contribution in [3.63, 3.8) is 0 Å². The quantitative estimate of drug-likeness (QED) is 0.556. The van der Waals surface area contributed by atoms with Crippen molar-refractivity contribution in [3.05, 3.63) is 0 Å². The molecule has 10 heavy (non-hydrogen) atoms. The highest BCUT2D eigenvalue weighted by Crippen LogP contribution is 1.75. The highest BCUT2D eigenvalue weighted by Gasteiger charge is 1.94. The van der Waals surface area contributed by atoms with Gasteiger partial charge in [-0.3, -0.25) is 9.59 Å². The number of Topliss-reactive ketones (excluding diaryl/α,β-unsaturated/α-hetero) is 1. The summed E-state index contributed by atoms with van der Waals surface area (Å²) in [5.41, 5.74) is 0. The molecule has 0 rings (SSSR count). The Balaban J connectivity index is -0.000000245. The Bertz CT molecular complexity index is 93.4. The van der Waals surface area contributed by atoms with E-state index in [4.69, 9.17) is 0 Å². The van der Waals surface area contributed by atoms with Gasteiger partial charge in [0.05, 0.1) is 0 Å². The molecular weight excluding hydrogens is 132 g/mol. The maximum atomic E-state index is 10.1. The summed E-state index contributed by atoms with van der Waals surface area (Å²) in [6.45, 7) is 2.53. The number of ketones is 1. The Morgan fingerprint density at radius 2 is 1.60 bits per heavy atom. The lowest BCUT2D eigenvalue weighted by molar-refractivity contribution is -0.145. The van der Waals surface area contributed by atoms with Gasteiger partial charge in [0, 0.05) is 6.92 Å². The first-order valence-electron chi connectivity index (χ1n) is 2.25. The molecule has 0 saturated heterocycles. The van der Waals surface area contributed by atoms with Crippen molar-refractivity contribution in [2.75, 3.05) is 6.61 Å². The summed E-state index contributed by atoms with van der Waals surface area (Å²) in [5, 5.41) is 0. The van der Waals surface area contributed by atoms with Crippen LogP contribution in [0.25, 0.3) is 0 Å². The van der Waals surface area contributed by atoms with Gasteiger partial charge in [0.25, 0.3) is 0 Å². The van der Waals surface area contributed by atoms with E-state index < -0.39 is 5.97 Å². The van der Waals surface area contributed by atoms with Crippen LogP contribution in [0, 0.1) is 0 Å². The number of hydrogen-bond acceptors (Lipinski definition) is 3. The molecule has 0 saturated carbocycles. The Morgan fingerprint density at radius 3 is 1.70 bits per heavy atom. The molecule has 62 valence electrons. The third-order valence-electron chi connectivity index (χ3n) is 0.479. The molecule has 0 aliphatic heterocycles. The van der Waals surface area contributed by atoms with E-state index in [1.165, 1.54) is 13.8 Å². The van der Waals surface area contributed by atoms with Crippen molar-refractivity contribution in [1.29, 1.82) is 0 Å². The molecule has 0 aromatic heterocycles. The van der Waals surface area contributed by atoms with Gasteiger partial charge in [-0.05, 0) is 6.92 Å². The summed E-state index contributed by atoms with van der Waals surface area (Å²) in [6.07, 6.45) is 0. The molecule has 3 nitrogen and oxygen atoms in total. The molecule has 0 amide bonds. The monoisotopic (exact) mass is 148 g/mol. The van der Waals surface area contributed by atoms with Crippen LogP contribution in [0.5, 0.6) is 0 Å². The Labute approximate surface area is 62.4 Å². The lowest BCUT2D eigenvalue weighted by Crippen LogP contribution is -2.07. The van der Waals surface area contributed by atoms with Crippen LogP contribution >= 0.6 is 0 Å². The average Bonchev–Trinajstić information content (AvgIpc) is 1.61. The van der Waals surface area contributed by atoms with Gasteiger partial charge >= 0.3 is 5.97 Å². The lowest BCUT2D eigenvalue weighted by atomic mass is 10.5. The number of hydrogen-bond donors (Lipinski definition) is 0. The van der Waals surface area contributed by atoms with Crippen LogP contribution in [-0.2, 0) is 14.3 Å². The smallest absolute Gasteiger partial charge is 0.303 e. The fraction of sp³-hybridized carbons (Fsp3) is 0.714. The van der Waals surface area contributed by atoms with E-state index in [9.17, 15) is 9.59 Å². The van der Waals surface area contributed by atoms with Crippen LogP contribution in [0.15, 0.2) is 0 Å². The summed E-state index contributed by atoms with van der Waals surface area (Å²) in [4.78, 5) is 20.0. The van der Waals surface area contributed by atoms with Gasteiger partial charge in [0.15, 0.2) is 5.78 Å². The van der Waals surface area contributed by atoms with Gasteiger partial charge in [-0.15, -0.1) is 0 Å². The molecule has 0 atom stereocenters. The van der Waals surface area contributed by atoms with Gasteiger partial charge in [-0.1, -0.05) is 14.9 Å². The van der Waals surface area contributed by atoms with Crippen molar-refractivity contribution in [1.82, 2.24) is 0 Å². The first kappa shape index (κ1) is 16.1. The number of esters is 1.